The van der Waals surface area contributed by atoms with E-state index in [4.69, 9.17) is 18.9 Å². The van der Waals surface area contributed by atoms with Crippen molar-refractivity contribution in [1.82, 2.24) is 0 Å². The lowest BCUT2D eigenvalue weighted by Crippen LogP contribution is -2.37. The molecule has 1 fully saturated rings. The number of hydrogen-bond donors (Lipinski definition) is 0. The molecular weight excluding hydrogens is 376 g/mol. The lowest BCUT2D eigenvalue weighted by Gasteiger charge is -2.24. The van der Waals surface area contributed by atoms with Crippen LogP contribution in [-0.4, -0.2) is 31.5 Å². The normalized spacial score (nSPS) is 21.0. The summed E-state index contributed by atoms with van der Waals surface area (Å²) >= 11 is 0. The zero-order valence-corrected chi connectivity index (χ0v) is 17.1. The molecule has 0 bridgehead atoms. The second-order valence-electron chi connectivity index (χ2n) is 7.47. The molecule has 156 valence electrons. The molecule has 4 nitrogen and oxygen atoms in total. The molecule has 3 aromatic rings. The Bertz CT molecular complexity index is 854. The zero-order valence-electron chi connectivity index (χ0n) is 17.1. The van der Waals surface area contributed by atoms with E-state index in [9.17, 15) is 0 Å². The molecule has 4 rings (SSSR count). The van der Waals surface area contributed by atoms with Gasteiger partial charge in [-0.15, -0.1) is 0 Å². The Morgan fingerprint density at radius 2 is 1.13 bits per heavy atom. The van der Waals surface area contributed by atoms with Crippen molar-refractivity contribution in [2.24, 2.45) is 0 Å². The number of rotatable bonds is 10. The van der Waals surface area contributed by atoms with Gasteiger partial charge in [-0.3, -0.25) is 0 Å². The van der Waals surface area contributed by atoms with Crippen LogP contribution in [0.2, 0.25) is 0 Å². The van der Waals surface area contributed by atoms with Crippen molar-refractivity contribution in [3.8, 4) is 0 Å². The van der Waals surface area contributed by atoms with Gasteiger partial charge >= 0.3 is 0 Å². The van der Waals surface area contributed by atoms with Crippen molar-refractivity contribution < 1.29 is 18.9 Å². The molecule has 0 radical (unpaired) electrons. The first-order valence-corrected chi connectivity index (χ1v) is 10.4. The molecule has 1 saturated heterocycles. The lowest BCUT2D eigenvalue weighted by molar-refractivity contribution is -0.0895. The molecule has 4 heteroatoms. The average Bonchev–Trinajstić information content (AvgIpc) is 3.20. The Kier molecular flexibility index (Phi) is 7.64. The maximum absolute atomic E-state index is 6.28. The molecule has 0 aliphatic carbocycles. The second kappa shape index (κ2) is 11.0. The third kappa shape index (κ3) is 6.00. The van der Waals surface area contributed by atoms with Crippen molar-refractivity contribution in [3.63, 3.8) is 0 Å². The van der Waals surface area contributed by atoms with Crippen molar-refractivity contribution in [3.05, 3.63) is 108 Å². The molecule has 1 aliphatic heterocycles. The summed E-state index contributed by atoms with van der Waals surface area (Å²) in [6.07, 6.45) is -0.456. The van der Waals surface area contributed by atoms with Gasteiger partial charge in [0.25, 0.3) is 0 Å². The maximum Gasteiger partial charge on any atom is 0.115 e. The fraction of sp³-hybridized carbons (Fsp3) is 0.308. The summed E-state index contributed by atoms with van der Waals surface area (Å²) in [6, 6.07) is 30.5. The van der Waals surface area contributed by atoms with E-state index in [0.29, 0.717) is 33.0 Å². The van der Waals surface area contributed by atoms with Crippen LogP contribution in [-0.2, 0) is 38.8 Å². The SMILES string of the molecule is c1ccc(COC[C@H]2OCC(OCc3ccccc3)C2OCc2ccccc2)cc1. The molecule has 0 spiro atoms. The third-order valence-electron chi connectivity index (χ3n) is 5.19. The number of benzene rings is 3. The molecule has 0 saturated carbocycles. The van der Waals surface area contributed by atoms with Crippen LogP contribution in [0.25, 0.3) is 0 Å². The standard InChI is InChI=1S/C26H28O4/c1-4-10-21(11-5-1)16-27-19-24-26(30-18-23-14-8-3-9-15-23)25(20-29-24)28-17-22-12-6-2-7-13-22/h1-15,24-26H,16-20H2/t24-,25?,26?/m1/s1. The van der Waals surface area contributed by atoms with Crippen LogP contribution in [0.1, 0.15) is 16.7 Å². The predicted molar refractivity (Wildman–Crippen MR) is 116 cm³/mol. The van der Waals surface area contributed by atoms with Crippen molar-refractivity contribution >= 4 is 0 Å². The molecule has 0 amide bonds. The first-order valence-electron chi connectivity index (χ1n) is 10.4. The zero-order chi connectivity index (χ0) is 20.4. The number of ether oxygens (including phenoxy) is 4. The van der Waals surface area contributed by atoms with Crippen LogP contribution in [0.5, 0.6) is 0 Å². The van der Waals surface area contributed by atoms with Gasteiger partial charge in [0.2, 0.25) is 0 Å². The highest BCUT2D eigenvalue weighted by atomic mass is 16.6. The van der Waals surface area contributed by atoms with Gasteiger partial charge < -0.3 is 18.9 Å². The van der Waals surface area contributed by atoms with Crippen LogP contribution in [0.15, 0.2) is 91.0 Å². The van der Waals surface area contributed by atoms with Gasteiger partial charge in [-0.25, -0.2) is 0 Å². The van der Waals surface area contributed by atoms with E-state index in [2.05, 4.69) is 36.4 Å². The van der Waals surface area contributed by atoms with E-state index in [-0.39, 0.29) is 18.3 Å². The summed E-state index contributed by atoms with van der Waals surface area (Å²) in [5.74, 6) is 0. The molecule has 1 aliphatic rings. The van der Waals surface area contributed by atoms with Crippen molar-refractivity contribution in [1.29, 1.82) is 0 Å². The highest BCUT2D eigenvalue weighted by Crippen LogP contribution is 2.24. The van der Waals surface area contributed by atoms with E-state index in [1.807, 2.05) is 54.6 Å². The quantitative estimate of drug-likeness (QED) is 0.488. The largest absolute Gasteiger partial charge is 0.374 e. The second-order valence-corrected chi connectivity index (χ2v) is 7.47. The highest BCUT2D eigenvalue weighted by molar-refractivity contribution is 5.15. The topological polar surface area (TPSA) is 36.9 Å². The molecule has 0 aromatic heterocycles. The summed E-state index contributed by atoms with van der Waals surface area (Å²) in [5, 5.41) is 0. The lowest BCUT2D eigenvalue weighted by atomic mass is 10.1. The van der Waals surface area contributed by atoms with Gasteiger partial charge in [-0.2, -0.15) is 0 Å². The number of hydrogen-bond acceptors (Lipinski definition) is 4. The van der Waals surface area contributed by atoms with Crippen LogP contribution in [0.3, 0.4) is 0 Å². The fourth-order valence-corrected chi connectivity index (χ4v) is 3.56. The maximum atomic E-state index is 6.28. The Hall–Kier alpha value is -2.50. The van der Waals surface area contributed by atoms with Gasteiger partial charge in [-0.1, -0.05) is 91.0 Å². The van der Waals surface area contributed by atoms with Crippen molar-refractivity contribution in [2.75, 3.05) is 13.2 Å². The summed E-state index contributed by atoms with van der Waals surface area (Å²) in [7, 11) is 0. The van der Waals surface area contributed by atoms with Crippen molar-refractivity contribution in [2.45, 2.75) is 38.1 Å². The van der Waals surface area contributed by atoms with Gasteiger partial charge in [-0.05, 0) is 16.7 Å². The van der Waals surface area contributed by atoms with Gasteiger partial charge in [0, 0.05) is 0 Å². The minimum atomic E-state index is -0.176. The van der Waals surface area contributed by atoms with E-state index in [0.717, 1.165) is 16.7 Å². The monoisotopic (exact) mass is 404 g/mol. The summed E-state index contributed by atoms with van der Waals surface area (Å²) in [4.78, 5) is 0. The summed E-state index contributed by atoms with van der Waals surface area (Å²) in [6.45, 7) is 2.60. The van der Waals surface area contributed by atoms with Crippen LogP contribution in [0.4, 0.5) is 0 Å². The van der Waals surface area contributed by atoms with E-state index >= 15 is 0 Å². The molecule has 3 atom stereocenters. The average molecular weight is 405 g/mol. The Balaban J connectivity index is 1.35. The predicted octanol–water partition coefficient (Wildman–Crippen LogP) is 4.77. The first kappa shape index (κ1) is 20.8. The van der Waals surface area contributed by atoms with Gasteiger partial charge in [0.05, 0.1) is 33.0 Å². The molecular formula is C26H28O4. The van der Waals surface area contributed by atoms with Gasteiger partial charge in [0.15, 0.2) is 0 Å². The molecule has 2 unspecified atom stereocenters. The molecule has 30 heavy (non-hydrogen) atoms. The summed E-state index contributed by atoms with van der Waals surface area (Å²) in [5.41, 5.74) is 3.42. The summed E-state index contributed by atoms with van der Waals surface area (Å²) < 4.78 is 24.4. The van der Waals surface area contributed by atoms with E-state index in [1.165, 1.54) is 0 Å². The van der Waals surface area contributed by atoms with Crippen LogP contribution in [0, 0.1) is 0 Å². The Morgan fingerprint density at radius 3 is 1.70 bits per heavy atom. The van der Waals surface area contributed by atoms with Crippen LogP contribution >= 0.6 is 0 Å². The molecule has 0 N–H and O–H groups in total. The third-order valence-corrected chi connectivity index (χ3v) is 5.19. The fourth-order valence-electron chi connectivity index (χ4n) is 3.56. The minimum absolute atomic E-state index is 0.126. The Labute approximate surface area is 178 Å². The smallest absolute Gasteiger partial charge is 0.115 e. The van der Waals surface area contributed by atoms with Gasteiger partial charge in [0.1, 0.15) is 18.3 Å². The Morgan fingerprint density at radius 1 is 0.633 bits per heavy atom. The molecule has 3 aromatic carbocycles. The first-order chi connectivity index (χ1) is 14.9. The van der Waals surface area contributed by atoms with Crippen LogP contribution < -0.4 is 0 Å². The van der Waals surface area contributed by atoms with E-state index < -0.39 is 0 Å². The highest BCUT2D eigenvalue weighted by Gasteiger charge is 2.39. The molecule has 1 heterocycles. The van der Waals surface area contributed by atoms with E-state index in [1.54, 1.807) is 0 Å². The minimum Gasteiger partial charge on any atom is -0.374 e.